The lowest BCUT2D eigenvalue weighted by Gasteiger charge is -2.30. The van der Waals surface area contributed by atoms with Gasteiger partial charge in [0.15, 0.2) is 0 Å². The lowest BCUT2D eigenvalue weighted by Crippen LogP contribution is -2.53. The highest BCUT2D eigenvalue weighted by Crippen LogP contribution is 2.17. The summed E-state index contributed by atoms with van der Waals surface area (Å²) < 4.78 is 10.8. The Hall–Kier alpha value is -0.610. The number of nitrogens with one attached hydrogen (secondary N) is 1. The zero-order valence-corrected chi connectivity index (χ0v) is 14.7. The maximum absolute atomic E-state index is 12.1. The normalized spacial score (nSPS) is 14.2. The van der Waals surface area contributed by atoms with Crippen molar-refractivity contribution in [3.05, 3.63) is 0 Å². The van der Waals surface area contributed by atoms with Crippen LogP contribution in [0.15, 0.2) is 0 Å². The third kappa shape index (κ3) is 9.86. The van der Waals surface area contributed by atoms with Crippen LogP contribution in [0.2, 0.25) is 0 Å². The van der Waals surface area contributed by atoms with Crippen LogP contribution in [0.25, 0.3) is 0 Å². The third-order valence-electron chi connectivity index (χ3n) is 3.44. The Morgan fingerprint density at radius 2 is 1.71 bits per heavy atom. The molecule has 1 N–H and O–H groups in total. The van der Waals surface area contributed by atoms with E-state index in [4.69, 9.17) is 9.47 Å². The van der Waals surface area contributed by atoms with Crippen molar-refractivity contribution < 1.29 is 14.3 Å². The van der Waals surface area contributed by atoms with Gasteiger partial charge in [-0.3, -0.25) is 10.1 Å². The highest BCUT2D eigenvalue weighted by Gasteiger charge is 2.34. The van der Waals surface area contributed by atoms with E-state index in [0.717, 1.165) is 38.9 Å². The molecule has 1 atom stereocenters. The van der Waals surface area contributed by atoms with Gasteiger partial charge < -0.3 is 9.47 Å². The van der Waals surface area contributed by atoms with Gasteiger partial charge in [-0.25, -0.2) is 0 Å². The lowest BCUT2D eigenvalue weighted by molar-refractivity contribution is -0.151. The summed E-state index contributed by atoms with van der Waals surface area (Å²) in [5, 5.41) is 3.34. The van der Waals surface area contributed by atoms with Gasteiger partial charge in [-0.15, -0.1) is 0 Å². The molecule has 21 heavy (non-hydrogen) atoms. The summed E-state index contributed by atoms with van der Waals surface area (Å²) in [6.07, 6.45) is 6.33. The summed E-state index contributed by atoms with van der Waals surface area (Å²) in [5.74, 6) is -0.150. The maximum Gasteiger partial charge on any atom is 0.326 e. The Morgan fingerprint density at radius 1 is 1.10 bits per heavy atom. The minimum atomic E-state index is -0.591. The van der Waals surface area contributed by atoms with Crippen LogP contribution in [0.3, 0.4) is 0 Å². The quantitative estimate of drug-likeness (QED) is 0.416. The molecule has 0 fully saturated rings. The fraction of sp³-hybridized carbons (Fsp3) is 0.941. The van der Waals surface area contributed by atoms with Gasteiger partial charge in [-0.1, -0.05) is 19.8 Å². The van der Waals surface area contributed by atoms with Crippen LogP contribution in [0, 0.1) is 0 Å². The smallest absolute Gasteiger partial charge is 0.326 e. The summed E-state index contributed by atoms with van der Waals surface area (Å²) >= 11 is 0. The van der Waals surface area contributed by atoms with Crippen molar-refractivity contribution in [1.29, 1.82) is 0 Å². The second-order valence-electron chi connectivity index (χ2n) is 6.13. The number of esters is 1. The zero-order valence-electron chi connectivity index (χ0n) is 14.7. The molecule has 0 rings (SSSR count). The summed E-state index contributed by atoms with van der Waals surface area (Å²) in [6.45, 7) is 12.1. The average molecular weight is 301 g/mol. The predicted molar refractivity (Wildman–Crippen MR) is 87.5 cm³/mol. The first-order valence-corrected chi connectivity index (χ1v) is 8.49. The van der Waals surface area contributed by atoms with Crippen LogP contribution in [-0.2, 0) is 14.3 Å². The Kier molecular flexibility index (Phi) is 11.6. The van der Waals surface area contributed by atoms with E-state index < -0.39 is 5.54 Å². The number of hydrogen-bond donors (Lipinski definition) is 1. The molecule has 4 nitrogen and oxygen atoms in total. The molecular weight excluding hydrogens is 266 g/mol. The molecule has 0 amide bonds. The topological polar surface area (TPSA) is 47.6 Å². The van der Waals surface area contributed by atoms with E-state index >= 15 is 0 Å². The molecular formula is C17H35NO3. The van der Waals surface area contributed by atoms with Gasteiger partial charge in [-0.05, 0) is 53.4 Å². The Morgan fingerprint density at radius 3 is 2.24 bits per heavy atom. The molecule has 0 aromatic carbocycles. The van der Waals surface area contributed by atoms with E-state index in [1.54, 1.807) is 0 Å². The Bertz CT molecular complexity index is 269. The number of carbonyl (C=O) groups excluding carboxylic acids is 1. The number of hydrogen-bond acceptors (Lipinski definition) is 4. The van der Waals surface area contributed by atoms with E-state index in [1.165, 1.54) is 12.8 Å². The third-order valence-corrected chi connectivity index (χ3v) is 3.44. The molecule has 4 heteroatoms. The molecule has 0 aliphatic rings. The van der Waals surface area contributed by atoms with Crippen LogP contribution in [-0.4, -0.2) is 37.4 Å². The average Bonchev–Trinajstić information content (AvgIpc) is 2.41. The Balaban J connectivity index is 3.99. The minimum Gasteiger partial charge on any atom is -0.465 e. The van der Waals surface area contributed by atoms with Crippen LogP contribution in [0.5, 0.6) is 0 Å². The van der Waals surface area contributed by atoms with Crippen LogP contribution >= 0.6 is 0 Å². The molecule has 0 bridgehead atoms. The second kappa shape index (κ2) is 12.0. The number of unbranched alkanes of at least 4 members (excludes halogenated alkanes) is 3. The zero-order chi connectivity index (χ0) is 16.1. The molecule has 1 unspecified atom stereocenters. The molecule has 126 valence electrons. The standard InChI is InChI=1S/C17H35NO3/c1-6-8-10-13-20-14-11-9-12-17(5,18-15(3)4)16(19)21-7-2/h15,18H,6-14H2,1-5H3. The van der Waals surface area contributed by atoms with Gasteiger partial charge in [0.2, 0.25) is 0 Å². The molecule has 0 aromatic heterocycles. The van der Waals surface area contributed by atoms with E-state index in [-0.39, 0.29) is 12.0 Å². The van der Waals surface area contributed by atoms with E-state index in [9.17, 15) is 4.79 Å². The van der Waals surface area contributed by atoms with Gasteiger partial charge in [0, 0.05) is 19.3 Å². The van der Waals surface area contributed by atoms with E-state index in [2.05, 4.69) is 12.2 Å². The summed E-state index contributed by atoms with van der Waals surface area (Å²) in [4.78, 5) is 12.1. The number of ether oxygens (including phenoxy) is 2. The van der Waals surface area contributed by atoms with Crippen molar-refractivity contribution in [2.24, 2.45) is 0 Å². The van der Waals surface area contributed by atoms with Crippen molar-refractivity contribution in [2.45, 2.75) is 84.7 Å². The first-order valence-electron chi connectivity index (χ1n) is 8.49. The highest BCUT2D eigenvalue weighted by molar-refractivity contribution is 5.80. The van der Waals surface area contributed by atoms with E-state index in [0.29, 0.717) is 6.61 Å². The number of carbonyl (C=O) groups is 1. The summed E-state index contributed by atoms with van der Waals surface area (Å²) in [7, 11) is 0. The van der Waals surface area contributed by atoms with Crippen LogP contribution in [0.4, 0.5) is 0 Å². The van der Waals surface area contributed by atoms with Crippen molar-refractivity contribution in [3.63, 3.8) is 0 Å². The highest BCUT2D eigenvalue weighted by atomic mass is 16.5. The van der Waals surface area contributed by atoms with Crippen LogP contribution < -0.4 is 5.32 Å². The molecule has 0 heterocycles. The lowest BCUT2D eigenvalue weighted by atomic mass is 9.94. The molecule has 0 saturated carbocycles. The predicted octanol–water partition coefficient (Wildman–Crippen LogP) is 3.68. The maximum atomic E-state index is 12.1. The summed E-state index contributed by atoms with van der Waals surface area (Å²) in [5.41, 5.74) is -0.591. The van der Waals surface area contributed by atoms with Crippen molar-refractivity contribution >= 4 is 5.97 Å². The van der Waals surface area contributed by atoms with E-state index in [1.807, 2.05) is 27.7 Å². The van der Waals surface area contributed by atoms with Gasteiger partial charge >= 0.3 is 5.97 Å². The Labute approximate surface area is 131 Å². The van der Waals surface area contributed by atoms with Gasteiger partial charge in [-0.2, -0.15) is 0 Å². The first-order chi connectivity index (χ1) is 9.96. The van der Waals surface area contributed by atoms with Crippen LogP contribution in [0.1, 0.15) is 73.1 Å². The summed E-state index contributed by atoms with van der Waals surface area (Å²) in [6, 6.07) is 0.254. The molecule has 0 aliphatic carbocycles. The molecule has 0 saturated heterocycles. The van der Waals surface area contributed by atoms with Crippen molar-refractivity contribution in [1.82, 2.24) is 5.32 Å². The van der Waals surface area contributed by atoms with Gasteiger partial charge in [0.1, 0.15) is 5.54 Å². The first kappa shape index (κ1) is 20.4. The molecule has 0 aliphatic heterocycles. The van der Waals surface area contributed by atoms with Crippen molar-refractivity contribution in [2.75, 3.05) is 19.8 Å². The monoisotopic (exact) mass is 301 g/mol. The van der Waals surface area contributed by atoms with Gasteiger partial charge in [0.25, 0.3) is 0 Å². The fourth-order valence-electron chi connectivity index (χ4n) is 2.40. The molecule has 0 aromatic rings. The number of rotatable bonds is 13. The minimum absolute atomic E-state index is 0.150. The largest absolute Gasteiger partial charge is 0.465 e. The fourth-order valence-corrected chi connectivity index (χ4v) is 2.40. The second-order valence-corrected chi connectivity index (χ2v) is 6.13. The SMILES string of the molecule is CCCCCOCCCCC(C)(NC(C)C)C(=O)OCC. The van der Waals surface area contributed by atoms with Gasteiger partial charge in [0.05, 0.1) is 6.61 Å². The van der Waals surface area contributed by atoms with Crippen molar-refractivity contribution in [3.8, 4) is 0 Å². The molecule has 0 radical (unpaired) electrons. The molecule has 0 spiro atoms.